The minimum atomic E-state index is -0.405. The molecule has 4 saturated heterocycles. The zero-order valence-electron chi connectivity index (χ0n) is 14.8. The summed E-state index contributed by atoms with van der Waals surface area (Å²) in [5.74, 6) is 0.0647. The molecule has 27 heavy (non-hydrogen) atoms. The number of amides is 1. The topological polar surface area (TPSA) is 69.3 Å². The number of piperidine rings is 3. The average Bonchev–Trinajstić information content (AvgIpc) is 3.12. The molecular formula is C20H21FN4O2. The van der Waals surface area contributed by atoms with E-state index in [-0.39, 0.29) is 35.3 Å². The maximum atomic E-state index is 13.4. The Hall–Kier alpha value is -2.54. The van der Waals surface area contributed by atoms with Crippen molar-refractivity contribution in [3.05, 3.63) is 64.1 Å². The first-order chi connectivity index (χ1) is 13.1. The zero-order valence-corrected chi connectivity index (χ0v) is 14.8. The Kier molecular flexibility index (Phi) is 3.86. The quantitative estimate of drug-likeness (QED) is 0.875. The molecule has 6 rings (SSSR count). The predicted molar refractivity (Wildman–Crippen MR) is 96.9 cm³/mol. The third kappa shape index (κ3) is 2.60. The summed E-state index contributed by atoms with van der Waals surface area (Å²) in [6.45, 7) is 2.62. The second-order valence-corrected chi connectivity index (χ2v) is 7.76. The molecule has 0 radical (unpaired) electrons. The number of aromatic amines is 1. The highest BCUT2D eigenvalue weighted by Gasteiger charge is 2.54. The SMILES string of the molecule is O=C(c1cnc[nH]c1=O)N1C[C@H](c2ccc(F)cc2)[C@H]2[C@@H]1C1CCN2CC1. The number of carbonyl (C=O) groups excluding carboxylic acids is 1. The second kappa shape index (κ2) is 6.27. The lowest BCUT2D eigenvalue weighted by atomic mass is 9.75. The summed E-state index contributed by atoms with van der Waals surface area (Å²) < 4.78 is 13.4. The Labute approximate surface area is 156 Å². The lowest BCUT2D eigenvalue weighted by molar-refractivity contribution is -0.00347. The largest absolute Gasteiger partial charge is 0.333 e. The van der Waals surface area contributed by atoms with E-state index in [0.717, 1.165) is 31.5 Å². The molecule has 5 heterocycles. The Morgan fingerprint density at radius 1 is 1.15 bits per heavy atom. The van der Waals surface area contributed by atoms with Crippen molar-refractivity contribution in [3.63, 3.8) is 0 Å². The van der Waals surface area contributed by atoms with Gasteiger partial charge in [0, 0.05) is 24.7 Å². The summed E-state index contributed by atoms with van der Waals surface area (Å²) in [6, 6.07) is 6.93. The number of halogens is 1. The summed E-state index contributed by atoms with van der Waals surface area (Å²) in [7, 11) is 0. The van der Waals surface area contributed by atoms with Crippen LogP contribution in [0.5, 0.6) is 0 Å². The Morgan fingerprint density at radius 3 is 2.59 bits per heavy atom. The van der Waals surface area contributed by atoms with Crippen molar-refractivity contribution in [1.29, 1.82) is 0 Å². The molecule has 0 unspecified atom stereocenters. The third-order valence-corrected chi connectivity index (χ3v) is 6.50. The molecule has 4 aliphatic rings. The highest BCUT2D eigenvalue weighted by atomic mass is 19.1. The van der Waals surface area contributed by atoms with Gasteiger partial charge in [0.1, 0.15) is 11.4 Å². The van der Waals surface area contributed by atoms with Gasteiger partial charge in [-0.25, -0.2) is 9.37 Å². The van der Waals surface area contributed by atoms with Gasteiger partial charge in [-0.2, -0.15) is 0 Å². The minimum absolute atomic E-state index is 0.0902. The Morgan fingerprint density at radius 2 is 1.89 bits per heavy atom. The van der Waals surface area contributed by atoms with Crippen LogP contribution in [0.3, 0.4) is 0 Å². The summed E-state index contributed by atoms with van der Waals surface area (Å²) >= 11 is 0. The van der Waals surface area contributed by atoms with Crippen molar-refractivity contribution in [1.82, 2.24) is 19.8 Å². The standard InChI is InChI=1S/C20H21FN4O2/c21-14-3-1-12(2-4-14)16-10-25(20(27)15-9-22-11-23-19(15)26)17-13-5-7-24(8-6-13)18(16)17/h1-4,9,11,13,16-18H,5-8,10H2,(H,22,23,26)/t16-,17+,18+/m1/s1. The first-order valence-electron chi connectivity index (χ1n) is 9.46. The second-order valence-electron chi connectivity index (χ2n) is 7.76. The van der Waals surface area contributed by atoms with Gasteiger partial charge >= 0.3 is 0 Å². The molecular weight excluding hydrogens is 347 g/mol. The van der Waals surface area contributed by atoms with Crippen LogP contribution in [0.4, 0.5) is 4.39 Å². The van der Waals surface area contributed by atoms with Crippen molar-refractivity contribution in [2.45, 2.75) is 30.8 Å². The molecule has 0 saturated carbocycles. The lowest BCUT2D eigenvalue weighted by Crippen LogP contribution is -2.61. The fraction of sp³-hybridized carbons (Fsp3) is 0.450. The molecule has 1 aromatic carbocycles. The molecule has 7 heteroatoms. The molecule has 1 aromatic heterocycles. The van der Waals surface area contributed by atoms with Crippen LogP contribution in [0.2, 0.25) is 0 Å². The molecule has 1 N–H and O–H groups in total. The van der Waals surface area contributed by atoms with Crippen molar-refractivity contribution in [2.75, 3.05) is 19.6 Å². The van der Waals surface area contributed by atoms with E-state index in [0.29, 0.717) is 12.5 Å². The van der Waals surface area contributed by atoms with Gasteiger partial charge in [0.05, 0.1) is 12.4 Å². The summed E-state index contributed by atoms with van der Waals surface area (Å²) in [4.78, 5) is 36.1. The molecule has 1 amide bonds. The highest BCUT2D eigenvalue weighted by Crippen LogP contribution is 2.46. The number of hydrogen-bond acceptors (Lipinski definition) is 4. The molecule has 2 bridgehead atoms. The molecule has 2 aromatic rings. The van der Waals surface area contributed by atoms with Gasteiger partial charge in [-0.05, 0) is 49.5 Å². The normalized spacial score (nSPS) is 31.7. The monoisotopic (exact) mass is 368 g/mol. The first kappa shape index (κ1) is 16.6. The number of rotatable bonds is 2. The number of H-pyrrole nitrogens is 1. The summed E-state index contributed by atoms with van der Waals surface area (Å²) in [6.07, 6.45) is 4.79. The third-order valence-electron chi connectivity index (χ3n) is 6.50. The van der Waals surface area contributed by atoms with Crippen LogP contribution in [0.25, 0.3) is 0 Å². The summed E-state index contributed by atoms with van der Waals surface area (Å²) in [5, 5.41) is 0. The maximum absolute atomic E-state index is 13.4. The Bertz CT molecular complexity index is 920. The number of hydrogen-bond donors (Lipinski definition) is 1. The van der Waals surface area contributed by atoms with Crippen molar-refractivity contribution >= 4 is 5.91 Å². The van der Waals surface area contributed by atoms with Crippen molar-refractivity contribution in [2.24, 2.45) is 5.92 Å². The van der Waals surface area contributed by atoms with E-state index in [1.165, 1.54) is 24.7 Å². The van der Waals surface area contributed by atoms with E-state index in [9.17, 15) is 14.0 Å². The highest BCUT2D eigenvalue weighted by molar-refractivity contribution is 5.94. The van der Waals surface area contributed by atoms with Crippen LogP contribution in [-0.4, -0.2) is 57.4 Å². The van der Waals surface area contributed by atoms with E-state index in [1.54, 1.807) is 0 Å². The molecule has 6 nitrogen and oxygen atoms in total. The van der Waals surface area contributed by atoms with E-state index < -0.39 is 5.56 Å². The Balaban J connectivity index is 1.54. The summed E-state index contributed by atoms with van der Waals surface area (Å²) in [5.41, 5.74) is 0.736. The van der Waals surface area contributed by atoms with Crippen molar-refractivity contribution < 1.29 is 9.18 Å². The molecule has 140 valence electrons. The van der Waals surface area contributed by atoms with Gasteiger partial charge in [0.2, 0.25) is 0 Å². The van der Waals surface area contributed by atoms with Gasteiger partial charge in [0.25, 0.3) is 11.5 Å². The van der Waals surface area contributed by atoms with Gasteiger partial charge in [-0.15, -0.1) is 0 Å². The minimum Gasteiger partial charge on any atom is -0.333 e. The number of nitrogens with one attached hydrogen (secondary N) is 1. The van der Waals surface area contributed by atoms with Crippen LogP contribution in [0.15, 0.2) is 41.6 Å². The van der Waals surface area contributed by atoms with Crippen LogP contribution in [0.1, 0.15) is 34.7 Å². The number of carbonyl (C=O) groups is 1. The average molecular weight is 368 g/mol. The van der Waals surface area contributed by atoms with Crippen molar-refractivity contribution in [3.8, 4) is 0 Å². The van der Waals surface area contributed by atoms with Crippen LogP contribution >= 0.6 is 0 Å². The number of aromatic nitrogens is 2. The molecule has 3 atom stereocenters. The lowest BCUT2D eigenvalue weighted by Gasteiger charge is -2.51. The number of fused-ring (bicyclic) bond motifs is 2. The van der Waals surface area contributed by atoms with E-state index >= 15 is 0 Å². The molecule has 0 aliphatic carbocycles. The maximum Gasteiger partial charge on any atom is 0.263 e. The number of benzene rings is 1. The van der Waals surface area contributed by atoms with Crippen LogP contribution < -0.4 is 5.56 Å². The zero-order chi connectivity index (χ0) is 18.5. The van der Waals surface area contributed by atoms with E-state index in [2.05, 4.69) is 14.9 Å². The van der Waals surface area contributed by atoms with Crippen LogP contribution in [0, 0.1) is 11.7 Å². The van der Waals surface area contributed by atoms with Crippen LogP contribution in [-0.2, 0) is 0 Å². The molecule has 4 fully saturated rings. The molecule has 4 aliphatic heterocycles. The van der Waals surface area contributed by atoms with E-state index in [1.807, 2.05) is 17.0 Å². The number of nitrogens with zero attached hydrogens (tertiary/aromatic N) is 3. The predicted octanol–water partition coefficient (Wildman–Crippen LogP) is 1.61. The smallest absolute Gasteiger partial charge is 0.263 e. The van der Waals surface area contributed by atoms with Gasteiger partial charge in [-0.3, -0.25) is 14.5 Å². The molecule has 0 spiro atoms. The number of likely N-dealkylation sites (tertiary alicyclic amines) is 1. The van der Waals surface area contributed by atoms with Gasteiger partial charge in [-0.1, -0.05) is 12.1 Å². The fourth-order valence-corrected chi connectivity index (χ4v) is 5.31. The van der Waals surface area contributed by atoms with E-state index in [4.69, 9.17) is 0 Å². The fourth-order valence-electron chi connectivity index (χ4n) is 5.31. The van der Waals surface area contributed by atoms with Gasteiger partial charge in [0.15, 0.2) is 0 Å². The first-order valence-corrected chi connectivity index (χ1v) is 9.46. The van der Waals surface area contributed by atoms with Gasteiger partial charge < -0.3 is 9.88 Å².